The minimum absolute atomic E-state index is 0.0486. The summed E-state index contributed by atoms with van der Waals surface area (Å²) in [6.45, 7) is 0. The predicted octanol–water partition coefficient (Wildman–Crippen LogP) is 0.196. The van der Waals surface area contributed by atoms with Crippen LogP contribution in [0.25, 0.3) is 0 Å². The molecule has 1 heterocycles. The maximum Gasteiger partial charge on any atom is 0.326 e. The molecule has 6 heteroatoms. The van der Waals surface area contributed by atoms with Crippen molar-refractivity contribution in [2.75, 3.05) is 0 Å². The summed E-state index contributed by atoms with van der Waals surface area (Å²) in [4.78, 5) is 22.4. The highest BCUT2D eigenvalue weighted by Gasteiger charge is 2.37. The average molecular weight is 224 g/mol. The van der Waals surface area contributed by atoms with Crippen molar-refractivity contribution in [1.82, 2.24) is 10.5 Å². The van der Waals surface area contributed by atoms with Crippen molar-refractivity contribution in [1.29, 1.82) is 0 Å². The highest BCUT2D eigenvalue weighted by atomic mass is 16.5. The lowest BCUT2D eigenvalue weighted by molar-refractivity contribution is -0.142. The van der Waals surface area contributed by atoms with Crippen LogP contribution in [0.1, 0.15) is 18.5 Å². The van der Waals surface area contributed by atoms with E-state index in [0.717, 1.165) is 12.8 Å². The minimum atomic E-state index is -0.976. The Hall–Kier alpha value is -1.85. The van der Waals surface area contributed by atoms with Gasteiger partial charge < -0.3 is 14.9 Å². The first-order valence-corrected chi connectivity index (χ1v) is 5.08. The van der Waals surface area contributed by atoms with Crippen molar-refractivity contribution in [2.45, 2.75) is 25.3 Å². The largest absolute Gasteiger partial charge is 0.480 e. The van der Waals surface area contributed by atoms with Crippen LogP contribution in [0.15, 0.2) is 16.9 Å². The molecule has 1 aliphatic rings. The Kier molecular flexibility index (Phi) is 2.89. The van der Waals surface area contributed by atoms with E-state index in [1.807, 2.05) is 0 Å². The summed E-state index contributed by atoms with van der Waals surface area (Å²) >= 11 is 0. The van der Waals surface area contributed by atoms with Crippen LogP contribution < -0.4 is 5.32 Å². The van der Waals surface area contributed by atoms with E-state index in [1.54, 1.807) is 6.07 Å². The first-order valence-electron chi connectivity index (χ1n) is 5.08. The number of hydrogen-bond donors (Lipinski definition) is 2. The zero-order valence-electron chi connectivity index (χ0n) is 8.55. The van der Waals surface area contributed by atoms with Gasteiger partial charge in [0.05, 0.1) is 12.1 Å². The SMILES string of the molecule is O=C(Cc1ccon1)NC(C(=O)O)C1CC1. The van der Waals surface area contributed by atoms with Crippen molar-refractivity contribution < 1.29 is 19.2 Å². The van der Waals surface area contributed by atoms with Gasteiger partial charge in [-0.15, -0.1) is 0 Å². The van der Waals surface area contributed by atoms with Gasteiger partial charge in [0.25, 0.3) is 0 Å². The van der Waals surface area contributed by atoms with Gasteiger partial charge in [0.1, 0.15) is 12.3 Å². The molecule has 0 aliphatic heterocycles. The third-order valence-corrected chi connectivity index (χ3v) is 2.51. The van der Waals surface area contributed by atoms with Gasteiger partial charge in [0.2, 0.25) is 5.91 Å². The molecule has 0 bridgehead atoms. The number of rotatable bonds is 5. The lowest BCUT2D eigenvalue weighted by atomic mass is 10.2. The van der Waals surface area contributed by atoms with Crippen LogP contribution in [0.3, 0.4) is 0 Å². The quantitative estimate of drug-likeness (QED) is 0.745. The Balaban J connectivity index is 1.88. The van der Waals surface area contributed by atoms with Gasteiger partial charge >= 0.3 is 5.97 Å². The number of aromatic nitrogens is 1. The first-order chi connectivity index (χ1) is 7.66. The summed E-state index contributed by atoms with van der Waals surface area (Å²) in [5.41, 5.74) is 0.498. The second kappa shape index (κ2) is 4.34. The summed E-state index contributed by atoms with van der Waals surface area (Å²) < 4.78 is 4.58. The van der Waals surface area contributed by atoms with Crippen molar-refractivity contribution >= 4 is 11.9 Å². The van der Waals surface area contributed by atoms with Crippen molar-refractivity contribution in [3.8, 4) is 0 Å². The first kappa shape index (κ1) is 10.7. The van der Waals surface area contributed by atoms with Crippen LogP contribution in [0.2, 0.25) is 0 Å². The number of carboxylic acid groups (broad SMARTS) is 1. The molecule has 1 aromatic rings. The van der Waals surface area contributed by atoms with Gasteiger partial charge in [-0.25, -0.2) is 4.79 Å². The molecular weight excluding hydrogens is 212 g/mol. The van der Waals surface area contributed by atoms with E-state index in [1.165, 1.54) is 6.26 Å². The van der Waals surface area contributed by atoms with Crippen molar-refractivity contribution in [3.05, 3.63) is 18.0 Å². The maximum atomic E-state index is 11.5. The van der Waals surface area contributed by atoms with E-state index in [9.17, 15) is 9.59 Å². The fourth-order valence-electron chi connectivity index (χ4n) is 1.53. The second-order valence-electron chi connectivity index (χ2n) is 3.89. The second-order valence-corrected chi connectivity index (χ2v) is 3.89. The number of hydrogen-bond acceptors (Lipinski definition) is 4. The molecule has 0 saturated heterocycles. The molecule has 0 radical (unpaired) electrons. The molecule has 6 nitrogen and oxygen atoms in total. The molecule has 0 spiro atoms. The normalized spacial score (nSPS) is 16.8. The molecule has 1 aliphatic carbocycles. The molecule has 1 amide bonds. The fourth-order valence-corrected chi connectivity index (χ4v) is 1.53. The summed E-state index contributed by atoms with van der Waals surface area (Å²) in [5, 5.41) is 15.0. The van der Waals surface area contributed by atoms with Crippen LogP contribution in [-0.4, -0.2) is 28.2 Å². The highest BCUT2D eigenvalue weighted by Crippen LogP contribution is 2.32. The third kappa shape index (κ3) is 2.59. The molecule has 0 aromatic carbocycles. The van der Waals surface area contributed by atoms with Crippen LogP contribution in [0.4, 0.5) is 0 Å². The van der Waals surface area contributed by atoms with Crippen molar-refractivity contribution in [2.24, 2.45) is 5.92 Å². The Morgan fingerprint density at radius 3 is 2.88 bits per heavy atom. The van der Waals surface area contributed by atoms with Crippen molar-refractivity contribution in [3.63, 3.8) is 0 Å². The molecule has 1 fully saturated rings. The Morgan fingerprint density at radius 2 is 2.38 bits per heavy atom. The summed E-state index contributed by atoms with van der Waals surface area (Å²) in [6, 6.07) is 0.811. The lowest BCUT2D eigenvalue weighted by Crippen LogP contribution is -2.43. The van der Waals surface area contributed by atoms with Gasteiger partial charge in [-0.3, -0.25) is 4.79 Å². The molecule has 1 atom stereocenters. The molecule has 16 heavy (non-hydrogen) atoms. The van der Waals surface area contributed by atoms with Gasteiger partial charge in [-0.05, 0) is 18.8 Å². The van der Waals surface area contributed by atoms with Gasteiger partial charge in [0.15, 0.2) is 0 Å². The van der Waals surface area contributed by atoms with Gasteiger partial charge in [-0.1, -0.05) is 5.16 Å². The van der Waals surface area contributed by atoms with Crippen LogP contribution >= 0.6 is 0 Å². The van der Waals surface area contributed by atoms with Crippen LogP contribution in [0, 0.1) is 5.92 Å². The number of carboxylic acids is 1. The smallest absolute Gasteiger partial charge is 0.326 e. The summed E-state index contributed by atoms with van der Waals surface area (Å²) in [5.74, 6) is -1.23. The fraction of sp³-hybridized carbons (Fsp3) is 0.500. The number of carbonyl (C=O) groups excluding carboxylic acids is 1. The Labute approximate surface area is 91.6 Å². The standard InChI is InChI=1S/C10H12N2O4/c13-8(5-7-3-4-16-12-7)11-9(10(14)15)6-1-2-6/h3-4,6,9H,1-2,5H2,(H,11,13)(H,14,15). The molecular formula is C10H12N2O4. The molecule has 2 rings (SSSR count). The zero-order chi connectivity index (χ0) is 11.5. The van der Waals surface area contributed by atoms with E-state index in [-0.39, 0.29) is 18.2 Å². The predicted molar refractivity (Wildman–Crippen MR) is 52.5 cm³/mol. The number of aliphatic carboxylic acids is 1. The highest BCUT2D eigenvalue weighted by molar-refractivity contribution is 5.85. The van der Waals surface area contributed by atoms with E-state index >= 15 is 0 Å². The van der Waals surface area contributed by atoms with E-state index < -0.39 is 12.0 Å². The minimum Gasteiger partial charge on any atom is -0.480 e. The molecule has 1 aromatic heterocycles. The van der Waals surface area contributed by atoms with E-state index in [0.29, 0.717) is 5.69 Å². The number of carbonyl (C=O) groups is 2. The number of nitrogens with zero attached hydrogens (tertiary/aromatic N) is 1. The summed E-state index contributed by atoms with van der Waals surface area (Å²) in [7, 11) is 0. The topological polar surface area (TPSA) is 92.4 Å². The zero-order valence-corrected chi connectivity index (χ0v) is 8.55. The number of amides is 1. The molecule has 86 valence electrons. The number of nitrogens with one attached hydrogen (secondary N) is 1. The van der Waals surface area contributed by atoms with Gasteiger partial charge in [-0.2, -0.15) is 0 Å². The van der Waals surface area contributed by atoms with Crippen LogP contribution in [0.5, 0.6) is 0 Å². The summed E-state index contributed by atoms with van der Waals surface area (Å²) in [6.07, 6.45) is 3.15. The third-order valence-electron chi connectivity index (χ3n) is 2.51. The molecule has 2 N–H and O–H groups in total. The monoisotopic (exact) mass is 224 g/mol. The Morgan fingerprint density at radius 1 is 1.62 bits per heavy atom. The van der Waals surface area contributed by atoms with Gasteiger partial charge in [0, 0.05) is 6.07 Å². The van der Waals surface area contributed by atoms with E-state index in [2.05, 4.69) is 15.0 Å². The molecule has 1 unspecified atom stereocenters. The van der Waals surface area contributed by atoms with E-state index in [4.69, 9.17) is 5.11 Å². The van der Waals surface area contributed by atoms with Crippen LogP contribution in [-0.2, 0) is 16.0 Å². The Bertz CT molecular complexity index is 384. The lowest BCUT2D eigenvalue weighted by Gasteiger charge is -2.12. The molecule has 1 saturated carbocycles. The average Bonchev–Trinajstić information content (AvgIpc) is 2.94. The maximum absolute atomic E-state index is 11.5.